The van der Waals surface area contributed by atoms with E-state index in [1.165, 1.54) is 49.7 Å². The second kappa shape index (κ2) is 24.0. The molecule has 7 N–H and O–H groups in total. The first-order valence-electron chi connectivity index (χ1n) is 19.1. The van der Waals surface area contributed by atoms with Crippen molar-refractivity contribution in [2.75, 3.05) is 37.9 Å². The number of amides is 1. The first-order valence-corrected chi connectivity index (χ1v) is 20.5. The molecular formula is C42H62ClN3O6S. The van der Waals surface area contributed by atoms with Gasteiger partial charge >= 0.3 is 0 Å². The molecule has 294 valence electrons. The molecule has 3 unspecified atom stereocenters. The number of nitrogens with zero attached hydrogens (tertiary/aromatic N) is 1. The Morgan fingerprint density at radius 3 is 2.17 bits per heavy atom. The Bertz CT molecular complexity index is 1490. The lowest BCUT2D eigenvalue weighted by atomic mass is 9.93. The predicted molar refractivity (Wildman–Crippen MR) is 219 cm³/mol. The van der Waals surface area contributed by atoms with E-state index in [4.69, 9.17) is 27.2 Å². The molecule has 4 rings (SSSR count). The van der Waals surface area contributed by atoms with Crippen molar-refractivity contribution in [1.29, 1.82) is 0 Å². The molecule has 0 radical (unpaired) electrons. The number of unbranched alkanes of at least 4 members (excludes halogenated alkanes) is 5. The maximum atomic E-state index is 13.4. The first-order chi connectivity index (χ1) is 25.6. The molecule has 0 spiro atoms. The number of thioether (sulfide) groups is 1. The van der Waals surface area contributed by atoms with Gasteiger partial charge in [-0.1, -0.05) is 106 Å². The zero-order valence-electron chi connectivity index (χ0n) is 31.8. The van der Waals surface area contributed by atoms with Gasteiger partial charge in [0.2, 0.25) is 5.91 Å². The van der Waals surface area contributed by atoms with Crippen LogP contribution in [0.5, 0.6) is 5.75 Å². The van der Waals surface area contributed by atoms with E-state index in [0.29, 0.717) is 23.6 Å². The van der Waals surface area contributed by atoms with E-state index in [9.17, 15) is 20.1 Å². The number of nitrogens with one attached hydrogen (secondary N) is 1. The zero-order chi connectivity index (χ0) is 38.6. The quantitative estimate of drug-likeness (QED) is 0.0625. The maximum Gasteiger partial charge on any atom is 0.242 e. The van der Waals surface area contributed by atoms with E-state index >= 15 is 0 Å². The molecule has 0 saturated carbocycles. The summed E-state index contributed by atoms with van der Waals surface area (Å²) in [6, 6.07) is 22.0. The molecule has 1 saturated heterocycles. The van der Waals surface area contributed by atoms with Crippen LogP contribution < -0.4 is 20.7 Å². The summed E-state index contributed by atoms with van der Waals surface area (Å²) in [6.07, 6.45) is 11.1. The second-order valence-electron chi connectivity index (χ2n) is 14.1. The molecule has 11 heteroatoms. The number of nitrogens with two attached hydrogens (primary N) is 1. The number of hydrogen-bond donors (Lipinski definition) is 6. The third-order valence-corrected chi connectivity index (χ3v) is 11.1. The fourth-order valence-corrected chi connectivity index (χ4v) is 7.63. The van der Waals surface area contributed by atoms with Gasteiger partial charge in [-0.05, 0) is 92.4 Å². The van der Waals surface area contributed by atoms with Gasteiger partial charge in [0, 0.05) is 5.69 Å². The number of carbonyl (C=O) groups excluding carboxylic acids is 1. The monoisotopic (exact) mass is 771 g/mol. The SMILES string of the molecule is CCCCCCCCc1ccc(CCC(N)(CO)CO)cc1.CCCNC1SC(Cc2ccc(OCC(O)CO)c(Cl)c2)C(=O)N1c1ccccc1C. The number of rotatable bonds is 22. The number of benzene rings is 3. The number of hydrogen-bond acceptors (Lipinski definition) is 9. The van der Waals surface area contributed by atoms with E-state index in [2.05, 4.69) is 43.4 Å². The highest BCUT2D eigenvalue weighted by molar-refractivity contribution is 8.01. The lowest BCUT2D eigenvalue weighted by Crippen LogP contribution is -2.47. The summed E-state index contributed by atoms with van der Waals surface area (Å²) in [7, 11) is 0. The minimum absolute atomic E-state index is 0.0390. The highest BCUT2D eigenvalue weighted by Gasteiger charge is 2.41. The summed E-state index contributed by atoms with van der Waals surface area (Å²) in [5.74, 6) is 0.516. The molecule has 1 aliphatic rings. The summed E-state index contributed by atoms with van der Waals surface area (Å²) < 4.78 is 5.45. The number of carbonyl (C=O) groups is 1. The van der Waals surface area contributed by atoms with E-state index in [-0.39, 0.29) is 43.1 Å². The number of halogens is 1. The van der Waals surface area contributed by atoms with Crippen molar-refractivity contribution < 1.29 is 30.0 Å². The molecular weight excluding hydrogens is 710 g/mol. The number of aryl methyl sites for hydroxylation is 3. The number of para-hydroxylation sites is 1. The van der Waals surface area contributed by atoms with Crippen molar-refractivity contribution in [2.45, 2.75) is 114 Å². The highest BCUT2D eigenvalue weighted by atomic mass is 35.5. The van der Waals surface area contributed by atoms with Crippen LogP contribution in [0.2, 0.25) is 5.02 Å². The molecule has 1 heterocycles. The Balaban J connectivity index is 0.000000304. The number of anilines is 1. The predicted octanol–water partition coefficient (Wildman–Crippen LogP) is 6.56. The molecule has 0 aliphatic carbocycles. The normalized spacial score (nSPS) is 16.4. The molecule has 1 amide bonds. The molecule has 3 atom stereocenters. The summed E-state index contributed by atoms with van der Waals surface area (Å²) in [5, 5.41) is 40.4. The maximum absolute atomic E-state index is 13.4. The third kappa shape index (κ3) is 14.8. The minimum atomic E-state index is -0.955. The average Bonchev–Trinajstić information content (AvgIpc) is 3.48. The summed E-state index contributed by atoms with van der Waals surface area (Å²) in [6.45, 7) is 6.43. The topological polar surface area (TPSA) is 149 Å². The Kier molecular flexibility index (Phi) is 20.2. The largest absolute Gasteiger partial charge is 0.489 e. The van der Waals surface area contributed by atoms with Crippen molar-refractivity contribution in [3.05, 3.63) is 94.0 Å². The minimum Gasteiger partial charge on any atom is -0.489 e. The molecule has 1 fully saturated rings. The molecule has 3 aromatic rings. The van der Waals surface area contributed by atoms with Gasteiger partial charge < -0.3 is 30.9 Å². The van der Waals surface area contributed by atoms with Crippen molar-refractivity contribution in [1.82, 2.24) is 5.32 Å². The Hall–Kier alpha value is -2.67. The van der Waals surface area contributed by atoms with E-state index < -0.39 is 11.6 Å². The van der Waals surface area contributed by atoms with Gasteiger partial charge in [-0.3, -0.25) is 15.0 Å². The van der Waals surface area contributed by atoms with Crippen LogP contribution in [0, 0.1) is 6.92 Å². The molecule has 1 aliphatic heterocycles. The van der Waals surface area contributed by atoms with Gasteiger partial charge in [-0.15, -0.1) is 11.8 Å². The standard InChI is InChI=1S/C23H29ClN2O4S.C19H33NO2/c1-3-10-25-23-26(19-7-5-4-6-15(19)2)22(29)21(31-23)12-16-8-9-20(18(24)11-16)30-14-17(28)13-27;1-2-3-4-5-6-7-8-17-9-11-18(12-10-17)13-14-19(20,15-21)16-22/h4-9,11,17,21,23,25,27-28H,3,10,12-14H2,1-2H3;9-12,21-22H,2-8,13-16,20H2,1H3. The van der Waals surface area contributed by atoms with Gasteiger partial charge in [0.1, 0.15) is 24.0 Å². The summed E-state index contributed by atoms with van der Waals surface area (Å²) in [5.41, 5.74) is 10.4. The summed E-state index contributed by atoms with van der Waals surface area (Å²) >= 11 is 7.96. The van der Waals surface area contributed by atoms with Crippen LogP contribution in [0.1, 0.15) is 87.5 Å². The van der Waals surface area contributed by atoms with Crippen LogP contribution in [-0.4, -0.2) is 81.7 Å². The number of ether oxygens (including phenoxy) is 1. The van der Waals surface area contributed by atoms with E-state index in [0.717, 1.165) is 42.6 Å². The van der Waals surface area contributed by atoms with Crippen molar-refractivity contribution in [2.24, 2.45) is 5.73 Å². The third-order valence-electron chi connectivity index (χ3n) is 9.43. The Morgan fingerprint density at radius 2 is 1.55 bits per heavy atom. The fraction of sp³-hybridized carbons (Fsp3) is 0.548. The molecule has 0 bridgehead atoms. The van der Waals surface area contributed by atoms with Crippen molar-refractivity contribution in [3.63, 3.8) is 0 Å². The van der Waals surface area contributed by atoms with Crippen molar-refractivity contribution in [3.8, 4) is 5.75 Å². The second-order valence-corrected chi connectivity index (χ2v) is 15.8. The molecule has 9 nitrogen and oxygen atoms in total. The van der Waals surface area contributed by atoms with Crippen molar-refractivity contribution >= 4 is 35.0 Å². The average molecular weight is 772 g/mol. The zero-order valence-corrected chi connectivity index (χ0v) is 33.4. The molecule has 0 aromatic heterocycles. The highest BCUT2D eigenvalue weighted by Crippen LogP contribution is 2.38. The van der Waals surface area contributed by atoms with Crippen LogP contribution in [0.3, 0.4) is 0 Å². The molecule has 3 aromatic carbocycles. The van der Waals surface area contributed by atoms with Gasteiger partial charge in [-0.25, -0.2) is 0 Å². The Morgan fingerprint density at radius 1 is 0.906 bits per heavy atom. The van der Waals surface area contributed by atoms with Gasteiger partial charge in [0.15, 0.2) is 0 Å². The molecule has 53 heavy (non-hydrogen) atoms. The van der Waals surface area contributed by atoms with Crippen LogP contribution in [0.25, 0.3) is 0 Å². The lowest BCUT2D eigenvalue weighted by Gasteiger charge is -2.26. The number of aliphatic hydroxyl groups is 4. The van der Waals surface area contributed by atoms with Gasteiger partial charge in [-0.2, -0.15) is 0 Å². The van der Waals surface area contributed by atoms with Gasteiger partial charge in [0.05, 0.1) is 35.6 Å². The van der Waals surface area contributed by atoms with Crippen LogP contribution in [0.4, 0.5) is 5.69 Å². The van der Waals surface area contributed by atoms with Gasteiger partial charge in [0.25, 0.3) is 0 Å². The smallest absolute Gasteiger partial charge is 0.242 e. The Labute approximate surface area is 326 Å². The lowest BCUT2D eigenvalue weighted by molar-refractivity contribution is -0.117. The van der Waals surface area contributed by atoms with E-state index in [1.807, 2.05) is 42.2 Å². The summed E-state index contributed by atoms with van der Waals surface area (Å²) in [4.78, 5) is 15.2. The van der Waals surface area contributed by atoms with Crippen LogP contribution >= 0.6 is 23.4 Å². The number of aliphatic hydroxyl groups excluding tert-OH is 4. The first kappa shape index (κ1) is 44.7. The van der Waals surface area contributed by atoms with E-state index in [1.54, 1.807) is 23.9 Å². The van der Waals surface area contributed by atoms with Crippen LogP contribution in [-0.2, 0) is 24.1 Å². The van der Waals surface area contributed by atoms with Crippen LogP contribution in [0.15, 0.2) is 66.7 Å². The fourth-order valence-electron chi connectivity index (χ4n) is 5.99.